The molecule has 0 amide bonds. The Bertz CT molecular complexity index is 939. The second kappa shape index (κ2) is 6.33. The predicted octanol–water partition coefficient (Wildman–Crippen LogP) is 3.49. The van der Waals surface area contributed by atoms with E-state index in [1.165, 1.54) is 30.3 Å². The lowest BCUT2D eigenvalue weighted by Gasteiger charge is -2.14. The standard InChI is InChI=1S/C18H15F3N4/c19-10-4-5-12-15(8-10)24-18(23-11-6-7-22-9-11)25-17(12)13-2-1-3-14(20)16(13)21/h1-5,8,11,22H,6-7,9H2,(H,23,24,25)/t11-/m1/s1. The van der Waals surface area contributed by atoms with Gasteiger partial charge in [-0.15, -0.1) is 0 Å². The zero-order chi connectivity index (χ0) is 17.4. The fourth-order valence-corrected chi connectivity index (χ4v) is 3.02. The van der Waals surface area contributed by atoms with Crippen LogP contribution in [0.25, 0.3) is 22.2 Å². The lowest BCUT2D eigenvalue weighted by atomic mass is 10.1. The molecule has 2 N–H and O–H groups in total. The highest BCUT2D eigenvalue weighted by Crippen LogP contribution is 2.30. The van der Waals surface area contributed by atoms with Crippen molar-refractivity contribution in [1.82, 2.24) is 15.3 Å². The molecule has 2 aromatic carbocycles. The third kappa shape index (κ3) is 3.02. The quantitative estimate of drug-likeness (QED) is 0.764. The summed E-state index contributed by atoms with van der Waals surface area (Å²) < 4.78 is 41.6. The van der Waals surface area contributed by atoms with Crippen LogP contribution in [0, 0.1) is 17.5 Å². The van der Waals surface area contributed by atoms with Crippen molar-refractivity contribution in [3.8, 4) is 11.3 Å². The molecule has 0 bridgehead atoms. The maximum absolute atomic E-state index is 14.3. The lowest BCUT2D eigenvalue weighted by molar-refractivity contribution is 0.511. The molecule has 1 aliphatic rings. The van der Waals surface area contributed by atoms with Gasteiger partial charge in [0.1, 0.15) is 5.82 Å². The highest BCUT2D eigenvalue weighted by atomic mass is 19.2. The van der Waals surface area contributed by atoms with Crippen LogP contribution in [0.2, 0.25) is 0 Å². The first-order valence-corrected chi connectivity index (χ1v) is 8.01. The van der Waals surface area contributed by atoms with Crippen molar-refractivity contribution >= 4 is 16.9 Å². The first-order valence-electron chi connectivity index (χ1n) is 8.01. The molecule has 0 spiro atoms. The van der Waals surface area contributed by atoms with E-state index >= 15 is 0 Å². The van der Waals surface area contributed by atoms with Crippen LogP contribution in [0.3, 0.4) is 0 Å². The van der Waals surface area contributed by atoms with Crippen LogP contribution in [0.15, 0.2) is 36.4 Å². The summed E-state index contributed by atoms with van der Waals surface area (Å²) in [6, 6.07) is 8.03. The lowest BCUT2D eigenvalue weighted by Crippen LogP contribution is -2.23. The maximum Gasteiger partial charge on any atom is 0.224 e. The Morgan fingerprint density at radius 1 is 1.08 bits per heavy atom. The normalized spacial score (nSPS) is 17.2. The van der Waals surface area contributed by atoms with Gasteiger partial charge in [0.15, 0.2) is 11.6 Å². The van der Waals surface area contributed by atoms with Gasteiger partial charge in [0.05, 0.1) is 11.2 Å². The maximum atomic E-state index is 14.3. The van der Waals surface area contributed by atoms with E-state index in [-0.39, 0.29) is 23.2 Å². The second-order valence-electron chi connectivity index (χ2n) is 5.99. The van der Waals surface area contributed by atoms with Gasteiger partial charge in [-0.25, -0.2) is 23.1 Å². The molecule has 0 radical (unpaired) electrons. The summed E-state index contributed by atoms with van der Waals surface area (Å²) in [6.45, 7) is 1.64. The minimum absolute atomic E-state index is 0.0200. The number of hydrogen-bond donors (Lipinski definition) is 2. The van der Waals surface area contributed by atoms with Crippen molar-refractivity contribution < 1.29 is 13.2 Å². The SMILES string of the molecule is Fc1ccc2c(-c3cccc(F)c3F)nc(N[C@@H]3CCNC3)nc2c1. The molecule has 128 valence electrons. The molecule has 7 heteroatoms. The molecule has 4 rings (SSSR count). The van der Waals surface area contributed by atoms with E-state index in [2.05, 4.69) is 20.6 Å². The van der Waals surface area contributed by atoms with Crippen LogP contribution in [0.4, 0.5) is 19.1 Å². The van der Waals surface area contributed by atoms with Gasteiger partial charge in [-0.05, 0) is 37.2 Å². The summed E-state index contributed by atoms with van der Waals surface area (Å²) in [5, 5.41) is 6.85. The van der Waals surface area contributed by atoms with Gasteiger partial charge < -0.3 is 10.6 Å². The summed E-state index contributed by atoms with van der Waals surface area (Å²) in [6.07, 6.45) is 0.897. The summed E-state index contributed by atoms with van der Waals surface area (Å²) in [5.41, 5.74) is 0.587. The molecular weight excluding hydrogens is 329 g/mol. The molecule has 0 unspecified atom stereocenters. The van der Waals surface area contributed by atoms with Crippen LogP contribution in [-0.2, 0) is 0 Å². The van der Waals surface area contributed by atoms with E-state index in [4.69, 9.17) is 0 Å². The monoisotopic (exact) mass is 344 g/mol. The zero-order valence-corrected chi connectivity index (χ0v) is 13.2. The summed E-state index contributed by atoms with van der Waals surface area (Å²) in [5.74, 6) is -2.13. The fraction of sp³-hybridized carbons (Fsp3) is 0.222. The van der Waals surface area contributed by atoms with Gasteiger partial charge in [0, 0.05) is 29.6 Å². The Morgan fingerprint density at radius 2 is 1.96 bits per heavy atom. The zero-order valence-electron chi connectivity index (χ0n) is 13.2. The minimum Gasteiger partial charge on any atom is -0.350 e. The van der Waals surface area contributed by atoms with Gasteiger partial charge in [-0.3, -0.25) is 0 Å². The number of nitrogens with zero attached hydrogens (tertiary/aromatic N) is 2. The van der Waals surface area contributed by atoms with Gasteiger partial charge >= 0.3 is 0 Å². The summed E-state index contributed by atoms with van der Waals surface area (Å²) in [7, 11) is 0. The van der Waals surface area contributed by atoms with Crippen LogP contribution >= 0.6 is 0 Å². The molecule has 0 saturated carbocycles. The highest BCUT2D eigenvalue weighted by Gasteiger charge is 2.19. The molecule has 4 nitrogen and oxygen atoms in total. The second-order valence-corrected chi connectivity index (χ2v) is 5.99. The van der Waals surface area contributed by atoms with Crippen molar-refractivity contribution in [2.45, 2.75) is 12.5 Å². The molecular formula is C18H15F3N4. The summed E-state index contributed by atoms with van der Waals surface area (Å²) >= 11 is 0. The number of aromatic nitrogens is 2. The van der Waals surface area contributed by atoms with Gasteiger partial charge in [0.2, 0.25) is 5.95 Å². The molecule has 1 fully saturated rings. The van der Waals surface area contributed by atoms with E-state index in [1.807, 2.05) is 0 Å². The molecule has 2 heterocycles. The number of fused-ring (bicyclic) bond motifs is 1. The molecule has 1 aromatic heterocycles. The number of anilines is 1. The number of halogens is 3. The Kier molecular flexibility index (Phi) is 4.01. The highest BCUT2D eigenvalue weighted by molar-refractivity contribution is 5.93. The average molecular weight is 344 g/mol. The van der Waals surface area contributed by atoms with E-state index in [1.54, 1.807) is 0 Å². The third-order valence-corrected chi connectivity index (χ3v) is 4.26. The molecule has 1 aliphatic heterocycles. The van der Waals surface area contributed by atoms with Crippen molar-refractivity contribution in [2.75, 3.05) is 18.4 Å². The van der Waals surface area contributed by atoms with Crippen LogP contribution in [0.5, 0.6) is 0 Å². The van der Waals surface area contributed by atoms with Gasteiger partial charge in [-0.2, -0.15) is 0 Å². The van der Waals surface area contributed by atoms with Crippen LogP contribution in [-0.4, -0.2) is 29.1 Å². The van der Waals surface area contributed by atoms with Crippen LogP contribution < -0.4 is 10.6 Å². The summed E-state index contributed by atoms with van der Waals surface area (Å²) in [4.78, 5) is 8.72. The van der Waals surface area contributed by atoms with E-state index in [9.17, 15) is 13.2 Å². The Labute approximate surface area is 142 Å². The number of nitrogens with one attached hydrogen (secondary N) is 2. The van der Waals surface area contributed by atoms with Gasteiger partial charge in [-0.1, -0.05) is 6.07 Å². The van der Waals surface area contributed by atoms with Crippen molar-refractivity contribution in [1.29, 1.82) is 0 Å². The Morgan fingerprint density at radius 3 is 2.76 bits per heavy atom. The largest absolute Gasteiger partial charge is 0.350 e. The van der Waals surface area contributed by atoms with Gasteiger partial charge in [0.25, 0.3) is 0 Å². The van der Waals surface area contributed by atoms with E-state index in [0.29, 0.717) is 10.9 Å². The Balaban J connectivity index is 1.89. The number of hydrogen-bond acceptors (Lipinski definition) is 4. The molecule has 1 atom stereocenters. The van der Waals surface area contributed by atoms with E-state index in [0.717, 1.165) is 25.6 Å². The fourth-order valence-electron chi connectivity index (χ4n) is 3.02. The first-order chi connectivity index (χ1) is 12.1. The number of benzene rings is 2. The molecule has 3 aromatic rings. The van der Waals surface area contributed by atoms with Crippen molar-refractivity contribution in [3.05, 3.63) is 53.8 Å². The topological polar surface area (TPSA) is 49.8 Å². The Hall–Kier alpha value is -2.67. The predicted molar refractivity (Wildman–Crippen MR) is 89.7 cm³/mol. The van der Waals surface area contributed by atoms with E-state index < -0.39 is 17.5 Å². The third-order valence-electron chi connectivity index (χ3n) is 4.26. The first kappa shape index (κ1) is 15.8. The van der Waals surface area contributed by atoms with Crippen molar-refractivity contribution in [3.63, 3.8) is 0 Å². The molecule has 0 aliphatic carbocycles. The molecule has 25 heavy (non-hydrogen) atoms. The average Bonchev–Trinajstić information content (AvgIpc) is 3.09. The van der Waals surface area contributed by atoms with Crippen LogP contribution in [0.1, 0.15) is 6.42 Å². The molecule has 1 saturated heterocycles. The van der Waals surface area contributed by atoms with Crippen molar-refractivity contribution in [2.24, 2.45) is 0 Å². The smallest absolute Gasteiger partial charge is 0.224 e. The number of rotatable bonds is 3. The minimum atomic E-state index is -0.986.